The van der Waals surface area contributed by atoms with Gasteiger partial charge in [0, 0.05) is 24.4 Å². The van der Waals surface area contributed by atoms with E-state index in [1.807, 2.05) is 0 Å². The van der Waals surface area contributed by atoms with Crippen molar-refractivity contribution >= 4 is 17.6 Å². The average molecular weight is 245 g/mol. The van der Waals surface area contributed by atoms with Crippen LogP contribution in [0.2, 0.25) is 0 Å². The maximum absolute atomic E-state index is 5.78. The van der Waals surface area contributed by atoms with Crippen molar-refractivity contribution in [3.63, 3.8) is 0 Å². The van der Waals surface area contributed by atoms with E-state index in [4.69, 9.17) is 5.73 Å². The Balaban J connectivity index is 1.87. The molecule has 2 aromatic heterocycles. The summed E-state index contributed by atoms with van der Waals surface area (Å²) in [6.07, 6.45) is 7.35. The second-order valence-corrected chi connectivity index (χ2v) is 4.95. The molecule has 5 nitrogen and oxygen atoms in total. The number of aromatic nitrogens is 4. The van der Waals surface area contributed by atoms with E-state index in [1.54, 1.807) is 24.7 Å². The van der Waals surface area contributed by atoms with Crippen LogP contribution in [0.3, 0.4) is 0 Å². The highest BCUT2D eigenvalue weighted by Crippen LogP contribution is 2.39. The first-order chi connectivity index (χ1) is 8.31. The van der Waals surface area contributed by atoms with E-state index in [0.29, 0.717) is 11.7 Å². The van der Waals surface area contributed by atoms with Crippen LogP contribution in [0.15, 0.2) is 34.7 Å². The van der Waals surface area contributed by atoms with Crippen LogP contribution in [0, 0.1) is 0 Å². The fraction of sp³-hybridized carbons (Fsp3) is 0.273. The molecule has 2 N–H and O–H groups in total. The highest BCUT2D eigenvalue weighted by Gasteiger charge is 2.27. The minimum absolute atomic E-state index is 0.500. The third kappa shape index (κ3) is 2.52. The van der Waals surface area contributed by atoms with Crippen LogP contribution >= 0.6 is 11.8 Å². The van der Waals surface area contributed by atoms with Crippen molar-refractivity contribution in [3.8, 4) is 0 Å². The summed E-state index contributed by atoms with van der Waals surface area (Å²) in [5.41, 5.74) is 5.78. The average Bonchev–Trinajstić information content (AvgIpc) is 3.13. The van der Waals surface area contributed by atoms with Gasteiger partial charge in [0.05, 0.1) is 6.20 Å². The number of nitrogen functional groups attached to an aromatic ring is 1. The third-order valence-electron chi connectivity index (χ3n) is 2.43. The molecule has 2 heterocycles. The van der Waals surface area contributed by atoms with Crippen LogP contribution in [-0.4, -0.2) is 19.9 Å². The number of anilines is 1. The second-order valence-electron chi connectivity index (χ2n) is 3.91. The fourth-order valence-corrected chi connectivity index (χ4v) is 2.24. The zero-order chi connectivity index (χ0) is 11.7. The van der Waals surface area contributed by atoms with E-state index in [2.05, 4.69) is 19.9 Å². The van der Waals surface area contributed by atoms with Crippen molar-refractivity contribution in [2.45, 2.75) is 28.8 Å². The van der Waals surface area contributed by atoms with Crippen molar-refractivity contribution in [2.24, 2.45) is 0 Å². The Labute approximate surface area is 103 Å². The Morgan fingerprint density at radius 3 is 2.76 bits per heavy atom. The summed E-state index contributed by atoms with van der Waals surface area (Å²) in [5.74, 6) is 1.88. The standard InChI is InChI=1S/C11H11N5S/c12-8-5-9(16-11(15-8)7-1-2-7)17-10-6-13-3-4-14-10/h3-7H,1-2H2,(H2,12,15,16). The van der Waals surface area contributed by atoms with Crippen LogP contribution in [0.1, 0.15) is 24.6 Å². The molecule has 86 valence electrons. The summed E-state index contributed by atoms with van der Waals surface area (Å²) in [5, 5.41) is 1.65. The predicted molar refractivity (Wildman–Crippen MR) is 64.6 cm³/mol. The molecule has 1 fully saturated rings. The maximum atomic E-state index is 5.78. The van der Waals surface area contributed by atoms with E-state index in [9.17, 15) is 0 Å². The minimum atomic E-state index is 0.500. The Bertz CT molecular complexity index is 527. The molecule has 0 bridgehead atoms. The number of hydrogen-bond acceptors (Lipinski definition) is 6. The number of nitrogens with zero attached hydrogens (tertiary/aromatic N) is 4. The van der Waals surface area contributed by atoms with Crippen LogP contribution in [0.4, 0.5) is 5.82 Å². The topological polar surface area (TPSA) is 77.6 Å². The lowest BCUT2D eigenvalue weighted by Gasteiger charge is -2.03. The molecular weight excluding hydrogens is 234 g/mol. The first-order valence-electron chi connectivity index (χ1n) is 5.39. The van der Waals surface area contributed by atoms with Crippen LogP contribution in [0.5, 0.6) is 0 Å². The first-order valence-corrected chi connectivity index (χ1v) is 6.21. The lowest BCUT2D eigenvalue weighted by atomic mass is 10.4. The van der Waals surface area contributed by atoms with Gasteiger partial charge in [0.2, 0.25) is 0 Å². The SMILES string of the molecule is Nc1cc(Sc2cnccn2)nc(C2CC2)n1. The molecule has 0 aliphatic heterocycles. The van der Waals surface area contributed by atoms with Gasteiger partial charge < -0.3 is 5.73 Å². The lowest BCUT2D eigenvalue weighted by molar-refractivity contribution is 0.882. The molecule has 17 heavy (non-hydrogen) atoms. The minimum Gasteiger partial charge on any atom is -0.384 e. The predicted octanol–water partition coefficient (Wildman–Crippen LogP) is 1.88. The summed E-state index contributed by atoms with van der Waals surface area (Å²) in [6.45, 7) is 0. The molecule has 6 heteroatoms. The van der Waals surface area contributed by atoms with Crippen LogP contribution in [-0.2, 0) is 0 Å². The van der Waals surface area contributed by atoms with E-state index in [1.165, 1.54) is 24.6 Å². The van der Waals surface area contributed by atoms with Gasteiger partial charge in [-0.3, -0.25) is 4.98 Å². The van der Waals surface area contributed by atoms with Crippen molar-refractivity contribution < 1.29 is 0 Å². The quantitative estimate of drug-likeness (QED) is 0.832. The molecule has 0 atom stereocenters. The van der Waals surface area contributed by atoms with Gasteiger partial charge in [-0.25, -0.2) is 15.0 Å². The molecule has 1 aliphatic rings. The summed E-state index contributed by atoms with van der Waals surface area (Å²) in [4.78, 5) is 17.0. The van der Waals surface area contributed by atoms with Crippen molar-refractivity contribution in [3.05, 3.63) is 30.5 Å². The van der Waals surface area contributed by atoms with E-state index in [-0.39, 0.29) is 0 Å². The molecule has 2 aromatic rings. The Morgan fingerprint density at radius 2 is 2.06 bits per heavy atom. The second kappa shape index (κ2) is 4.29. The normalized spacial score (nSPS) is 14.8. The molecule has 0 radical (unpaired) electrons. The summed E-state index contributed by atoms with van der Waals surface area (Å²) < 4.78 is 0. The van der Waals surface area contributed by atoms with Gasteiger partial charge in [0.15, 0.2) is 0 Å². The maximum Gasteiger partial charge on any atom is 0.135 e. The van der Waals surface area contributed by atoms with E-state index in [0.717, 1.165) is 15.9 Å². The van der Waals surface area contributed by atoms with Crippen molar-refractivity contribution in [2.75, 3.05) is 5.73 Å². The summed E-state index contributed by atoms with van der Waals surface area (Å²) in [6, 6.07) is 1.77. The van der Waals surface area contributed by atoms with Crippen molar-refractivity contribution in [1.29, 1.82) is 0 Å². The lowest BCUT2D eigenvalue weighted by Crippen LogP contribution is -1.99. The zero-order valence-electron chi connectivity index (χ0n) is 9.08. The highest BCUT2D eigenvalue weighted by molar-refractivity contribution is 7.99. The molecule has 0 amide bonds. The van der Waals surface area contributed by atoms with Crippen molar-refractivity contribution in [1.82, 2.24) is 19.9 Å². The molecular formula is C11H11N5S. The molecule has 3 rings (SSSR count). The Kier molecular flexibility index (Phi) is 2.64. The van der Waals surface area contributed by atoms with E-state index < -0.39 is 0 Å². The van der Waals surface area contributed by atoms with Gasteiger partial charge >= 0.3 is 0 Å². The summed E-state index contributed by atoms with van der Waals surface area (Å²) in [7, 11) is 0. The largest absolute Gasteiger partial charge is 0.384 e. The number of rotatable bonds is 3. The van der Waals surface area contributed by atoms with Gasteiger partial charge in [-0.05, 0) is 24.6 Å². The zero-order valence-corrected chi connectivity index (χ0v) is 9.89. The fourth-order valence-electron chi connectivity index (χ4n) is 1.48. The van der Waals surface area contributed by atoms with Gasteiger partial charge in [0.25, 0.3) is 0 Å². The van der Waals surface area contributed by atoms with Gasteiger partial charge in [-0.1, -0.05) is 0 Å². The monoisotopic (exact) mass is 245 g/mol. The molecule has 0 saturated heterocycles. The Hall–Kier alpha value is -1.69. The van der Waals surface area contributed by atoms with Gasteiger partial charge in [-0.2, -0.15) is 0 Å². The number of hydrogen-bond donors (Lipinski definition) is 1. The van der Waals surface area contributed by atoms with Gasteiger partial charge in [0.1, 0.15) is 21.7 Å². The molecule has 0 aromatic carbocycles. The smallest absolute Gasteiger partial charge is 0.135 e. The summed E-state index contributed by atoms with van der Waals surface area (Å²) >= 11 is 1.46. The highest BCUT2D eigenvalue weighted by atomic mass is 32.2. The number of nitrogens with two attached hydrogens (primary N) is 1. The van der Waals surface area contributed by atoms with Crippen LogP contribution in [0.25, 0.3) is 0 Å². The third-order valence-corrected chi connectivity index (χ3v) is 3.27. The Morgan fingerprint density at radius 1 is 1.18 bits per heavy atom. The van der Waals surface area contributed by atoms with Crippen LogP contribution < -0.4 is 5.73 Å². The molecule has 1 saturated carbocycles. The molecule has 1 aliphatic carbocycles. The molecule has 0 unspecified atom stereocenters. The molecule has 0 spiro atoms. The van der Waals surface area contributed by atoms with E-state index >= 15 is 0 Å². The van der Waals surface area contributed by atoms with Gasteiger partial charge in [-0.15, -0.1) is 0 Å². The first kappa shape index (κ1) is 10.5.